The maximum absolute atomic E-state index is 5.96. The molecule has 5 N–H and O–H groups in total. The number of nitrogens with zero attached hydrogens (tertiary/aromatic N) is 2. The van der Waals surface area contributed by atoms with Crippen LogP contribution in [-0.2, 0) is 0 Å². The van der Waals surface area contributed by atoms with Crippen LogP contribution in [0.4, 0.5) is 23.0 Å². The van der Waals surface area contributed by atoms with Gasteiger partial charge in [-0.3, -0.25) is 0 Å². The van der Waals surface area contributed by atoms with E-state index in [-0.39, 0.29) is 0 Å². The summed E-state index contributed by atoms with van der Waals surface area (Å²) in [4.78, 5) is 8.84. The van der Waals surface area contributed by atoms with Crippen LogP contribution in [0.2, 0.25) is 0 Å². The topological polar surface area (TPSA) is 99.1 Å². The Morgan fingerprint density at radius 3 is 2.21 bits per heavy atom. The largest absolute Gasteiger partial charge is 0.457 e. The molecule has 0 aliphatic carbocycles. The maximum Gasteiger partial charge on any atom is 0.163 e. The predicted octanol–water partition coefficient (Wildman–Crippen LogP) is 4.84. The third-order valence-corrected chi connectivity index (χ3v) is 4.00. The third kappa shape index (κ3) is 4.19. The van der Waals surface area contributed by atoms with Crippen molar-refractivity contribution in [1.82, 2.24) is 9.97 Å². The molecule has 138 valence electrons. The summed E-state index contributed by atoms with van der Waals surface area (Å²) in [7, 11) is 0. The van der Waals surface area contributed by atoms with E-state index in [9.17, 15) is 0 Å². The van der Waals surface area contributed by atoms with Crippen LogP contribution in [0.25, 0.3) is 11.4 Å². The molecule has 0 saturated heterocycles. The number of hydrogen-bond acceptors (Lipinski definition) is 6. The van der Waals surface area contributed by atoms with Gasteiger partial charge in [0.05, 0.1) is 0 Å². The van der Waals surface area contributed by atoms with E-state index < -0.39 is 0 Å². The first-order valence-electron chi connectivity index (χ1n) is 8.76. The van der Waals surface area contributed by atoms with Gasteiger partial charge in [0.2, 0.25) is 0 Å². The number of aromatic nitrogens is 2. The Morgan fingerprint density at radius 1 is 0.714 bits per heavy atom. The van der Waals surface area contributed by atoms with Crippen LogP contribution in [0.1, 0.15) is 0 Å². The molecule has 0 saturated carbocycles. The fourth-order valence-electron chi connectivity index (χ4n) is 2.72. The van der Waals surface area contributed by atoms with Crippen molar-refractivity contribution < 1.29 is 4.74 Å². The molecule has 6 nitrogen and oxygen atoms in total. The Morgan fingerprint density at radius 2 is 1.46 bits per heavy atom. The van der Waals surface area contributed by atoms with Crippen LogP contribution < -0.4 is 21.5 Å². The number of para-hydroxylation sites is 1. The summed E-state index contributed by atoms with van der Waals surface area (Å²) in [6, 6.07) is 26.3. The van der Waals surface area contributed by atoms with Crippen LogP contribution in [0.3, 0.4) is 0 Å². The van der Waals surface area contributed by atoms with Crippen molar-refractivity contribution in [2.45, 2.75) is 0 Å². The third-order valence-electron chi connectivity index (χ3n) is 4.00. The summed E-state index contributed by atoms with van der Waals surface area (Å²) in [5, 5.41) is 3.24. The van der Waals surface area contributed by atoms with Gasteiger partial charge < -0.3 is 21.5 Å². The van der Waals surface area contributed by atoms with E-state index in [2.05, 4.69) is 15.3 Å². The smallest absolute Gasteiger partial charge is 0.163 e. The first-order chi connectivity index (χ1) is 13.7. The van der Waals surface area contributed by atoms with E-state index in [1.54, 1.807) is 6.07 Å². The number of benzene rings is 3. The van der Waals surface area contributed by atoms with Crippen molar-refractivity contribution in [3.63, 3.8) is 0 Å². The van der Waals surface area contributed by atoms with E-state index in [0.717, 1.165) is 22.7 Å². The fourth-order valence-corrected chi connectivity index (χ4v) is 2.72. The second-order valence-electron chi connectivity index (χ2n) is 6.19. The van der Waals surface area contributed by atoms with E-state index in [1.165, 1.54) is 0 Å². The van der Waals surface area contributed by atoms with Crippen LogP contribution in [0.5, 0.6) is 11.5 Å². The number of nitrogens with two attached hydrogens (primary N) is 2. The average molecular weight is 369 g/mol. The minimum atomic E-state index is 0.374. The molecule has 1 aromatic heterocycles. The number of ether oxygens (including phenoxy) is 1. The molecule has 0 aliphatic rings. The van der Waals surface area contributed by atoms with Crippen molar-refractivity contribution in [3.8, 4) is 22.9 Å². The number of nitrogens with one attached hydrogen (secondary N) is 1. The molecule has 0 aliphatic heterocycles. The summed E-state index contributed by atoms with van der Waals surface area (Å²) in [6.45, 7) is 0. The number of nitrogen functional groups attached to an aromatic ring is 2. The normalized spacial score (nSPS) is 10.4. The zero-order valence-corrected chi connectivity index (χ0v) is 15.0. The Balaban J connectivity index is 1.52. The summed E-state index contributed by atoms with van der Waals surface area (Å²) < 4.78 is 5.81. The van der Waals surface area contributed by atoms with Gasteiger partial charge in [0.25, 0.3) is 0 Å². The van der Waals surface area contributed by atoms with Crippen molar-refractivity contribution >= 4 is 23.0 Å². The predicted molar refractivity (Wildman–Crippen MR) is 113 cm³/mol. The lowest BCUT2D eigenvalue weighted by atomic mass is 10.2. The highest BCUT2D eigenvalue weighted by Gasteiger charge is 2.07. The van der Waals surface area contributed by atoms with Gasteiger partial charge in [-0.15, -0.1) is 0 Å². The molecule has 4 aromatic rings. The maximum atomic E-state index is 5.96. The minimum absolute atomic E-state index is 0.374. The summed E-state index contributed by atoms with van der Waals surface area (Å²) in [5.41, 5.74) is 14.1. The molecule has 28 heavy (non-hydrogen) atoms. The zero-order chi connectivity index (χ0) is 19.3. The highest BCUT2D eigenvalue weighted by Crippen LogP contribution is 2.26. The average Bonchev–Trinajstić information content (AvgIpc) is 2.70. The van der Waals surface area contributed by atoms with Crippen LogP contribution in [0.15, 0.2) is 84.9 Å². The van der Waals surface area contributed by atoms with Crippen LogP contribution in [0, 0.1) is 0 Å². The molecule has 1 heterocycles. The summed E-state index contributed by atoms with van der Waals surface area (Å²) >= 11 is 0. The van der Waals surface area contributed by atoms with Gasteiger partial charge in [-0.2, -0.15) is 0 Å². The van der Waals surface area contributed by atoms with Gasteiger partial charge in [0.1, 0.15) is 23.1 Å². The first kappa shape index (κ1) is 17.4. The Kier molecular flexibility index (Phi) is 4.76. The summed E-state index contributed by atoms with van der Waals surface area (Å²) in [6.07, 6.45) is 0. The number of rotatable bonds is 5. The van der Waals surface area contributed by atoms with Gasteiger partial charge in [0, 0.05) is 23.0 Å². The van der Waals surface area contributed by atoms with Gasteiger partial charge in [0.15, 0.2) is 5.82 Å². The highest BCUT2D eigenvalue weighted by atomic mass is 16.5. The van der Waals surface area contributed by atoms with Gasteiger partial charge in [-0.05, 0) is 48.5 Å². The minimum Gasteiger partial charge on any atom is -0.457 e. The summed E-state index contributed by atoms with van der Waals surface area (Å²) in [5.74, 6) is 3.03. The SMILES string of the molecule is Nc1cccc(-c2nc(N)cc(Nc3ccc(Oc4ccccc4)cc3)n2)c1. The monoisotopic (exact) mass is 369 g/mol. The molecule has 3 aromatic carbocycles. The van der Waals surface area contributed by atoms with Gasteiger partial charge >= 0.3 is 0 Å². The molecule has 0 atom stereocenters. The van der Waals surface area contributed by atoms with Crippen LogP contribution in [-0.4, -0.2) is 9.97 Å². The lowest BCUT2D eigenvalue weighted by Crippen LogP contribution is -2.01. The molecule has 0 radical (unpaired) electrons. The van der Waals surface area contributed by atoms with E-state index >= 15 is 0 Å². The van der Waals surface area contributed by atoms with E-state index in [0.29, 0.717) is 23.1 Å². The standard InChI is InChI=1S/C22H19N5O/c23-16-6-4-5-15(13-16)22-26-20(24)14-21(27-22)25-17-9-11-19(12-10-17)28-18-7-2-1-3-8-18/h1-14H,23H2,(H3,24,25,26,27). The second-order valence-corrected chi connectivity index (χ2v) is 6.19. The van der Waals surface area contributed by atoms with E-state index in [4.69, 9.17) is 16.2 Å². The first-order valence-corrected chi connectivity index (χ1v) is 8.76. The van der Waals surface area contributed by atoms with Crippen molar-refractivity contribution in [2.24, 2.45) is 0 Å². The number of hydrogen-bond donors (Lipinski definition) is 3. The Hall–Kier alpha value is -4.06. The molecule has 0 spiro atoms. The van der Waals surface area contributed by atoms with E-state index in [1.807, 2.05) is 78.9 Å². The van der Waals surface area contributed by atoms with Gasteiger partial charge in [-0.25, -0.2) is 9.97 Å². The molecule has 4 rings (SSSR count). The quantitative estimate of drug-likeness (QED) is 0.435. The lowest BCUT2D eigenvalue weighted by molar-refractivity contribution is 0.483. The molecule has 0 fully saturated rings. The molecule has 0 unspecified atom stereocenters. The number of anilines is 4. The zero-order valence-electron chi connectivity index (χ0n) is 15.0. The van der Waals surface area contributed by atoms with Crippen LogP contribution >= 0.6 is 0 Å². The molecule has 0 bridgehead atoms. The second kappa shape index (κ2) is 7.67. The van der Waals surface area contributed by atoms with Gasteiger partial charge in [-0.1, -0.05) is 30.3 Å². The Labute approximate surface area is 162 Å². The van der Waals surface area contributed by atoms with Crippen molar-refractivity contribution in [2.75, 3.05) is 16.8 Å². The van der Waals surface area contributed by atoms with Crippen molar-refractivity contribution in [1.29, 1.82) is 0 Å². The molecular formula is C22H19N5O. The molecule has 6 heteroatoms. The fraction of sp³-hybridized carbons (Fsp3) is 0. The van der Waals surface area contributed by atoms with Crippen molar-refractivity contribution in [3.05, 3.63) is 84.9 Å². The molecular weight excluding hydrogens is 350 g/mol. The lowest BCUT2D eigenvalue weighted by Gasteiger charge is -2.10. The Bertz CT molecular complexity index is 1080. The molecule has 0 amide bonds. The highest BCUT2D eigenvalue weighted by molar-refractivity contribution is 5.66.